The van der Waals surface area contributed by atoms with E-state index in [2.05, 4.69) is 11.8 Å². The van der Waals surface area contributed by atoms with Gasteiger partial charge < -0.3 is 14.5 Å². The lowest BCUT2D eigenvalue weighted by Crippen LogP contribution is -2.52. The first-order valence-corrected chi connectivity index (χ1v) is 7.88. The number of hydrogen-bond donors (Lipinski definition) is 0. The van der Waals surface area contributed by atoms with Crippen molar-refractivity contribution in [3.8, 4) is 5.75 Å². The second-order valence-corrected chi connectivity index (χ2v) is 5.59. The van der Waals surface area contributed by atoms with E-state index in [0.29, 0.717) is 6.42 Å². The number of hydrogen-bond acceptors (Lipinski definition) is 3. The number of rotatable bonds is 5. The first kappa shape index (κ1) is 15.8. The molecule has 0 N–H and O–H groups in total. The lowest BCUT2D eigenvalue weighted by Gasteiger charge is -2.35. The SMILES string of the molecule is CC[C@@H](Oc1cccc(C)c1)C(=O)N1CCN(CC)CC1. The Labute approximate surface area is 127 Å². The monoisotopic (exact) mass is 290 g/mol. The average Bonchev–Trinajstić information content (AvgIpc) is 2.52. The molecule has 1 aromatic carbocycles. The van der Waals surface area contributed by atoms with Crippen molar-refractivity contribution < 1.29 is 9.53 Å². The Kier molecular flexibility index (Phi) is 5.62. The van der Waals surface area contributed by atoms with Crippen molar-refractivity contribution in [2.75, 3.05) is 32.7 Å². The summed E-state index contributed by atoms with van der Waals surface area (Å²) in [5, 5.41) is 0. The zero-order valence-corrected chi connectivity index (χ0v) is 13.3. The summed E-state index contributed by atoms with van der Waals surface area (Å²) in [7, 11) is 0. The topological polar surface area (TPSA) is 32.8 Å². The minimum atomic E-state index is -0.375. The molecule has 1 saturated heterocycles. The highest BCUT2D eigenvalue weighted by Gasteiger charge is 2.27. The summed E-state index contributed by atoms with van der Waals surface area (Å²) in [5.74, 6) is 0.900. The number of benzene rings is 1. The second kappa shape index (κ2) is 7.46. The molecule has 1 heterocycles. The van der Waals surface area contributed by atoms with Gasteiger partial charge in [0, 0.05) is 26.2 Å². The van der Waals surface area contributed by atoms with E-state index in [1.807, 2.05) is 43.0 Å². The highest BCUT2D eigenvalue weighted by Crippen LogP contribution is 2.17. The van der Waals surface area contributed by atoms with Crippen molar-refractivity contribution in [3.63, 3.8) is 0 Å². The molecule has 2 rings (SSSR count). The maximum Gasteiger partial charge on any atom is 0.263 e. The summed E-state index contributed by atoms with van der Waals surface area (Å²) in [6.45, 7) is 10.8. The molecule has 1 amide bonds. The van der Waals surface area contributed by atoms with Gasteiger partial charge in [0.2, 0.25) is 0 Å². The first-order chi connectivity index (χ1) is 10.1. The molecule has 1 aromatic rings. The van der Waals surface area contributed by atoms with Crippen LogP contribution in [0.5, 0.6) is 5.75 Å². The fraction of sp³-hybridized carbons (Fsp3) is 0.588. The third kappa shape index (κ3) is 4.21. The summed E-state index contributed by atoms with van der Waals surface area (Å²) in [6.07, 6.45) is 0.320. The zero-order chi connectivity index (χ0) is 15.2. The normalized spacial score (nSPS) is 17.6. The van der Waals surface area contributed by atoms with Gasteiger partial charge >= 0.3 is 0 Å². The molecule has 0 spiro atoms. The number of carbonyl (C=O) groups is 1. The van der Waals surface area contributed by atoms with Crippen LogP contribution in [0.1, 0.15) is 25.8 Å². The molecule has 1 fully saturated rings. The molecule has 21 heavy (non-hydrogen) atoms. The fourth-order valence-corrected chi connectivity index (χ4v) is 2.65. The van der Waals surface area contributed by atoms with Gasteiger partial charge in [-0.2, -0.15) is 0 Å². The van der Waals surface area contributed by atoms with Crippen molar-refractivity contribution in [3.05, 3.63) is 29.8 Å². The molecule has 0 aromatic heterocycles. The van der Waals surface area contributed by atoms with Gasteiger partial charge in [-0.15, -0.1) is 0 Å². The average molecular weight is 290 g/mol. The molecule has 0 bridgehead atoms. The quantitative estimate of drug-likeness (QED) is 0.834. The predicted octanol–water partition coefficient (Wildman–Crippen LogP) is 2.32. The summed E-state index contributed by atoms with van der Waals surface area (Å²) in [5.41, 5.74) is 1.14. The van der Waals surface area contributed by atoms with Crippen molar-refractivity contribution in [2.45, 2.75) is 33.3 Å². The Morgan fingerprint density at radius 1 is 1.24 bits per heavy atom. The smallest absolute Gasteiger partial charge is 0.263 e. The van der Waals surface area contributed by atoms with E-state index in [1.165, 1.54) is 0 Å². The van der Waals surface area contributed by atoms with Crippen LogP contribution in [0.4, 0.5) is 0 Å². The van der Waals surface area contributed by atoms with E-state index in [4.69, 9.17) is 4.74 Å². The Balaban J connectivity index is 1.96. The van der Waals surface area contributed by atoms with Crippen molar-refractivity contribution >= 4 is 5.91 Å². The van der Waals surface area contributed by atoms with Crippen LogP contribution in [0.2, 0.25) is 0 Å². The molecule has 4 heteroatoms. The number of piperazine rings is 1. The van der Waals surface area contributed by atoms with Crippen LogP contribution >= 0.6 is 0 Å². The van der Waals surface area contributed by atoms with Gasteiger partial charge in [-0.05, 0) is 37.6 Å². The van der Waals surface area contributed by atoms with Gasteiger partial charge in [-0.3, -0.25) is 4.79 Å². The molecule has 0 saturated carbocycles. The first-order valence-electron chi connectivity index (χ1n) is 7.88. The van der Waals surface area contributed by atoms with Crippen LogP contribution in [0.3, 0.4) is 0 Å². The lowest BCUT2D eigenvalue weighted by molar-refractivity contribution is -0.140. The molecular formula is C17H26N2O2. The van der Waals surface area contributed by atoms with Crippen LogP contribution in [-0.2, 0) is 4.79 Å². The number of amides is 1. The summed E-state index contributed by atoms with van der Waals surface area (Å²) < 4.78 is 5.91. The molecule has 1 aliphatic rings. The van der Waals surface area contributed by atoms with Crippen LogP contribution in [0.15, 0.2) is 24.3 Å². The van der Waals surface area contributed by atoms with Crippen molar-refractivity contribution in [1.82, 2.24) is 9.80 Å². The van der Waals surface area contributed by atoms with E-state index >= 15 is 0 Å². The van der Waals surface area contributed by atoms with E-state index in [0.717, 1.165) is 44.0 Å². The fourth-order valence-electron chi connectivity index (χ4n) is 2.65. The minimum absolute atomic E-state index is 0.120. The Hall–Kier alpha value is -1.55. The van der Waals surface area contributed by atoms with Crippen LogP contribution < -0.4 is 4.74 Å². The van der Waals surface area contributed by atoms with Crippen LogP contribution in [0.25, 0.3) is 0 Å². The number of nitrogens with zero attached hydrogens (tertiary/aromatic N) is 2. The molecule has 4 nitrogen and oxygen atoms in total. The Morgan fingerprint density at radius 2 is 1.95 bits per heavy atom. The number of aryl methyl sites for hydroxylation is 1. The largest absolute Gasteiger partial charge is 0.481 e. The van der Waals surface area contributed by atoms with Crippen LogP contribution in [0, 0.1) is 6.92 Å². The number of likely N-dealkylation sites (N-methyl/N-ethyl adjacent to an activating group) is 1. The standard InChI is InChI=1S/C17H26N2O2/c1-4-16(21-15-8-6-7-14(3)13-15)17(20)19-11-9-18(5-2)10-12-19/h6-8,13,16H,4-5,9-12H2,1-3H3/t16-/m1/s1. The maximum absolute atomic E-state index is 12.6. The van der Waals surface area contributed by atoms with E-state index in [-0.39, 0.29) is 12.0 Å². The van der Waals surface area contributed by atoms with E-state index in [9.17, 15) is 4.79 Å². The molecule has 1 aliphatic heterocycles. The highest BCUT2D eigenvalue weighted by atomic mass is 16.5. The summed E-state index contributed by atoms with van der Waals surface area (Å²) in [4.78, 5) is 16.9. The van der Waals surface area contributed by atoms with Gasteiger partial charge in [0.15, 0.2) is 6.10 Å². The zero-order valence-electron chi connectivity index (χ0n) is 13.3. The second-order valence-electron chi connectivity index (χ2n) is 5.59. The summed E-state index contributed by atoms with van der Waals surface area (Å²) in [6, 6.07) is 7.88. The van der Waals surface area contributed by atoms with Crippen molar-refractivity contribution in [1.29, 1.82) is 0 Å². The Bertz CT molecular complexity index is 468. The van der Waals surface area contributed by atoms with Gasteiger partial charge in [0.25, 0.3) is 5.91 Å². The van der Waals surface area contributed by atoms with Crippen LogP contribution in [-0.4, -0.2) is 54.5 Å². The predicted molar refractivity (Wildman–Crippen MR) is 84.6 cm³/mol. The highest BCUT2D eigenvalue weighted by molar-refractivity contribution is 5.81. The van der Waals surface area contributed by atoms with Gasteiger partial charge in [0.1, 0.15) is 5.75 Å². The van der Waals surface area contributed by atoms with Gasteiger partial charge in [-0.25, -0.2) is 0 Å². The number of ether oxygens (including phenoxy) is 1. The van der Waals surface area contributed by atoms with E-state index < -0.39 is 0 Å². The lowest BCUT2D eigenvalue weighted by atomic mass is 10.2. The van der Waals surface area contributed by atoms with Crippen molar-refractivity contribution in [2.24, 2.45) is 0 Å². The molecule has 116 valence electrons. The van der Waals surface area contributed by atoms with Gasteiger partial charge in [0.05, 0.1) is 0 Å². The van der Waals surface area contributed by atoms with E-state index in [1.54, 1.807) is 0 Å². The Morgan fingerprint density at radius 3 is 2.52 bits per heavy atom. The minimum Gasteiger partial charge on any atom is -0.481 e. The molecule has 0 radical (unpaired) electrons. The molecule has 1 atom stereocenters. The number of carbonyl (C=O) groups excluding carboxylic acids is 1. The molecular weight excluding hydrogens is 264 g/mol. The maximum atomic E-state index is 12.6. The third-order valence-electron chi connectivity index (χ3n) is 4.05. The van der Waals surface area contributed by atoms with Gasteiger partial charge in [-0.1, -0.05) is 26.0 Å². The summed E-state index contributed by atoms with van der Waals surface area (Å²) >= 11 is 0. The molecule has 0 unspecified atom stereocenters. The third-order valence-corrected chi connectivity index (χ3v) is 4.05. The molecule has 0 aliphatic carbocycles.